The summed E-state index contributed by atoms with van der Waals surface area (Å²) < 4.78 is 0. The Morgan fingerprint density at radius 2 is 2.18 bits per heavy atom. The zero-order valence-corrected chi connectivity index (χ0v) is 10.6. The first-order valence-corrected chi connectivity index (χ1v) is 6.11. The van der Waals surface area contributed by atoms with Crippen molar-refractivity contribution in [3.8, 4) is 0 Å². The second kappa shape index (κ2) is 5.49. The molecule has 0 aliphatic heterocycles. The van der Waals surface area contributed by atoms with Crippen LogP contribution in [0.3, 0.4) is 0 Å². The largest absolute Gasteiger partial charge is 0.481 e. The third-order valence-electron chi connectivity index (χ3n) is 3.47. The zero-order valence-electron chi connectivity index (χ0n) is 10.6. The van der Waals surface area contributed by atoms with E-state index in [1.54, 1.807) is 7.05 Å². The lowest BCUT2D eigenvalue weighted by molar-refractivity contribution is -0.140. The summed E-state index contributed by atoms with van der Waals surface area (Å²) in [7, 11) is 1.62. The molecule has 3 N–H and O–H groups in total. The van der Waals surface area contributed by atoms with Crippen molar-refractivity contribution in [1.82, 2.24) is 4.90 Å². The maximum atomic E-state index is 12.2. The van der Waals surface area contributed by atoms with Crippen LogP contribution < -0.4 is 5.73 Å². The van der Waals surface area contributed by atoms with Crippen LogP contribution in [0.15, 0.2) is 0 Å². The molecule has 1 aliphatic rings. The number of rotatable bonds is 4. The fourth-order valence-electron chi connectivity index (χ4n) is 2.53. The highest BCUT2D eigenvalue weighted by Crippen LogP contribution is 2.31. The van der Waals surface area contributed by atoms with E-state index < -0.39 is 11.5 Å². The lowest BCUT2D eigenvalue weighted by Gasteiger charge is -2.38. The first kappa shape index (κ1) is 14.0. The summed E-state index contributed by atoms with van der Waals surface area (Å²) in [4.78, 5) is 24.1. The fourth-order valence-corrected chi connectivity index (χ4v) is 2.53. The van der Waals surface area contributed by atoms with Crippen LogP contribution in [0.4, 0.5) is 0 Å². The second-order valence-electron chi connectivity index (χ2n) is 5.23. The third kappa shape index (κ3) is 3.70. The fraction of sp³-hybridized carbons (Fsp3) is 0.833. The summed E-state index contributed by atoms with van der Waals surface area (Å²) in [6.45, 7) is 2.33. The smallest absolute Gasteiger partial charge is 0.305 e. The Balaban J connectivity index is 2.57. The first-order valence-electron chi connectivity index (χ1n) is 6.11. The van der Waals surface area contributed by atoms with E-state index in [0.29, 0.717) is 18.8 Å². The lowest BCUT2D eigenvalue weighted by atomic mass is 9.76. The molecule has 1 rings (SSSR count). The molecule has 1 aliphatic carbocycles. The Morgan fingerprint density at radius 1 is 1.53 bits per heavy atom. The number of likely N-dealkylation sites (N-methyl/N-ethyl adjacent to an activating group) is 1. The predicted octanol–water partition coefficient (Wildman–Crippen LogP) is 0.827. The van der Waals surface area contributed by atoms with Gasteiger partial charge in [0.1, 0.15) is 0 Å². The van der Waals surface area contributed by atoms with Crippen LogP contribution in [0, 0.1) is 5.92 Å². The molecule has 0 heterocycles. The van der Waals surface area contributed by atoms with Crippen LogP contribution in [-0.4, -0.2) is 41.0 Å². The maximum absolute atomic E-state index is 12.2. The summed E-state index contributed by atoms with van der Waals surface area (Å²) in [6, 6.07) is 0. The number of carbonyl (C=O) groups is 2. The van der Waals surface area contributed by atoms with Gasteiger partial charge in [0.25, 0.3) is 0 Å². The molecule has 1 amide bonds. The van der Waals surface area contributed by atoms with Gasteiger partial charge in [-0.05, 0) is 18.8 Å². The van der Waals surface area contributed by atoms with Gasteiger partial charge in [-0.3, -0.25) is 9.59 Å². The van der Waals surface area contributed by atoms with Crippen molar-refractivity contribution >= 4 is 11.9 Å². The predicted molar refractivity (Wildman–Crippen MR) is 64.4 cm³/mol. The van der Waals surface area contributed by atoms with Gasteiger partial charge >= 0.3 is 5.97 Å². The number of carbonyl (C=O) groups excluding carboxylic acids is 1. The van der Waals surface area contributed by atoms with Gasteiger partial charge in [-0.1, -0.05) is 19.8 Å². The molecule has 0 spiro atoms. The van der Waals surface area contributed by atoms with Gasteiger partial charge in [0, 0.05) is 13.6 Å². The second-order valence-corrected chi connectivity index (χ2v) is 5.23. The van der Waals surface area contributed by atoms with E-state index in [1.807, 2.05) is 0 Å². The Hall–Kier alpha value is -1.10. The molecular formula is C12H22N2O3. The van der Waals surface area contributed by atoms with Crippen LogP contribution in [0.2, 0.25) is 0 Å². The Labute approximate surface area is 102 Å². The van der Waals surface area contributed by atoms with Gasteiger partial charge in [0.2, 0.25) is 5.91 Å². The Bertz CT molecular complexity index is 306. The number of carboxylic acids is 1. The summed E-state index contributed by atoms with van der Waals surface area (Å²) in [6.07, 6.45) is 3.45. The number of carboxylic acid groups (broad SMARTS) is 1. The molecule has 1 saturated carbocycles. The molecule has 17 heavy (non-hydrogen) atoms. The standard InChI is InChI=1S/C12H22N2O3/c1-9-4-3-6-12(13,8-9)11(17)14(2)7-5-10(15)16/h9H,3-8,13H2,1-2H3,(H,15,16). The van der Waals surface area contributed by atoms with E-state index in [-0.39, 0.29) is 18.9 Å². The van der Waals surface area contributed by atoms with Gasteiger partial charge in [-0.2, -0.15) is 0 Å². The highest BCUT2D eigenvalue weighted by Gasteiger charge is 2.39. The minimum Gasteiger partial charge on any atom is -0.481 e. The quantitative estimate of drug-likeness (QED) is 0.764. The zero-order chi connectivity index (χ0) is 13.1. The lowest BCUT2D eigenvalue weighted by Crippen LogP contribution is -2.56. The minimum absolute atomic E-state index is 0.0339. The highest BCUT2D eigenvalue weighted by atomic mass is 16.4. The maximum Gasteiger partial charge on any atom is 0.305 e. The van der Waals surface area contributed by atoms with Crippen molar-refractivity contribution in [3.63, 3.8) is 0 Å². The number of hydrogen-bond donors (Lipinski definition) is 2. The van der Waals surface area contributed by atoms with Crippen LogP contribution in [0.1, 0.15) is 39.0 Å². The van der Waals surface area contributed by atoms with Gasteiger partial charge in [-0.25, -0.2) is 0 Å². The topological polar surface area (TPSA) is 83.6 Å². The Kier molecular flexibility index (Phi) is 4.51. The van der Waals surface area contributed by atoms with Crippen molar-refractivity contribution < 1.29 is 14.7 Å². The molecule has 5 nitrogen and oxygen atoms in total. The van der Waals surface area contributed by atoms with Crippen molar-refractivity contribution in [1.29, 1.82) is 0 Å². The first-order chi connectivity index (χ1) is 7.85. The molecule has 2 unspecified atom stereocenters. The molecule has 2 atom stereocenters. The third-order valence-corrected chi connectivity index (χ3v) is 3.47. The van der Waals surface area contributed by atoms with Crippen molar-refractivity contribution in [3.05, 3.63) is 0 Å². The number of amides is 1. The SMILES string of the molecule is CC1CCCC(N)(C(=O)N(C)CCC(=O)O)C1. The summed E-state index contributed by atoms with van der Waals surface area (Å²) in [5, 5.41) is 8.59. The average Bonchev–Trinajstić information content (AvgIpc) is 2.24. The number of nitrogens with two attached hydrogens (primary N) is 1. The van der Waals surface area contributed by atoms with Crippen LogP contribution >= 0.6 is 0 Å². The van der Waals surface area contributed by atoms with Crippen LogP contribution in [0.5, 0.6) is 0 Å². The van der Waals surface area contributed by atoms with E-state index in [9.17, 15) is 9.59 Å². The summed E-state index contributed by atoms with van der Waals surface area (Å²) >= 11 is 0. The molecule has 0 aromatic heterocycles. The van der Waals surface area contributed by atoms with E-state index in [0.717, 1.165) is 12.8 Å². The van der Waals surface area contributed by atoms with E-state index in [4.69, 9.17) is 10.8 Å². The normalized spacial score (nSPS) is 28.8. The van der Waals surface area contributed by atoms with E-state index in [1.165, 1.54) is 4.90 Å². The average molecular weight is 242 g/mol. The summed E-state index contributed by atoms with van der Waals surface area (Å²) in [5.74, 6) is -0.552. The number of nitrogens with zero attached hydrogens (tertiary/aromatic N) is 1. The van der Waals surface area contributed by atoms with Gasteiger partial charge in [0.05, 0.1) is 12.0 Å². The van der Waals surface area contributed by atoms with E-state index >= 15 is 0 Å². The number of hydrogen-bond acceptors (Lipinski definition) is 3. The molecule has 98 valence electrons. The molecule has 1 fully saturated rings. The van der Waals surface area contributed by atoms with Crippen molar-refractivity contribution in [2.45, 2.75) is 44.6 Å². The molecule has 0 radical (unpaired) electrons. The van der Waals surface area contributed by atoms with Crippen molar-refractivity contribution in [2.24, 2.45) is 11.7 Å². The molecule has 0 aromatic carbocycles. The van der Waals surface area contributed by atoms with Crippen molar-refractivity contribution in [2.75, 3.05) is 13.6 Å². The van der Waals surface area contributed by atoms with Gasteiger partial charge in [-0.15, -0.1) is 0 Å². The van der Waals surface area contributed by atoms with Gasteiger partial charge in [0.15, 0.2) is 0 Å². The minimum atomic E-state index is -0.896. The summed E-state index contributed by atoms with van der Waals surface area (Å²) in [5.41, 5.74) is 5.37. The highest BCUT2D eigenvalue weighted by molar-refractivity contribution is 5.86. The van der Waals surface area contributed by atoms with Crippen LogP contribution in [0.25, 0.3) is 0 Å². The Morgan fingerprint density at radius 3 is 2.71 bits per heavy atom. The molecule has 0 aromatic rings. The number of aliphatic carboxylic acids is 1. The molecule has 0 saturated heterocycles. The molecular weight excluding hydrogens is 220 g/mol. The van der Waals surface area contributed by atoms with E-state index in [2.05, 4.69) is 6.92 Å². The molecule has 0 bridgehead atoms. The van der Waals surface area contributed by atoms with Gasteiger partial charge < -0.3 is 15.7 Å². The van der Waals surface area contributed by atoms with Crippen LogP contribution in [-0.2, 0) is 9.59 Å². The monoisotopic (exact) mass is 242 g/mol. The molecule has 5 heteroatoms.